The molecule has 0 aromatic rings. The zero-order valence-electron chi connectivity index (χ0n) is 10.9. The van der Waals surface area contributed by atoms with Crippen molar-refractivity contribution >= 4 is 5.78 Å². The summed E-state index contributed by atoms with van der Waals surface area (Å²) >= 11 is 0. The van der Waals surface area contributed by atoms with Crippen LogP contribution in [0.3, 0.4) is 0 Å². The number of carbonyl (C=O) groups excluding carboxylic acids is 1. The van der Waals surface area contributed by atoms with Gasteiger partial charge in [0.2, 0.25) is 0 Å². The van der Waals surface area contributed by atoms with Crippen LogP contribution in [0.1, 0.15) is 46.5 Å². The summed E-state index contributed by atoms with van der Waals surface area (Å²) in [7, 11) is 0. The quantitative estimate of drug-likeness (QED) is 0.710. The van der Waals surface area contributed by atoms with Crippen LogP contribution in [-0.2, 0) is 9.53 Å². The van der Waals surface area contributed by atoms with Gasteiger partial charge in [-0.05, 0) is 38.5 Å². The van der Waals surface area contributed by atoms with Crippen molar-refractivity contribution in [3.05, 3.63) is 0 Å². The first-order valence-corrected chi connectivity index (χ1v) is 6.80. The summed E-state index contributed by atoms with van der Waals surface area (Å²) in [6.07, 6.45) is 3.73. The van der Waals surface area contributed by atoms with E-state index in [9.17, 15) is 9.90 Å². The molecule has 0 aromatic carbocycles. The van der Waals surface area contributed by atoms with E-state index in [0.717, 1.165) is 19.3 Å². The van der Waals surface area contributed by atoms with Crippen molar-refractivity contribution in [1.29, 1.82) is 0 Å². The van der Waals surface area contributed by atoms with Crippen LogP contribution in [0.2, 0.25) is 0 Å². The molecule has 0 unspecified atom stereocenters. The van der Waals surface area contributed by atoms with Gasteiger partial charge in [-0.1, -0.05) is 13.8 Å². The summed E-state index contributed by atoms with van der Waals surface area (Å²) in [6, 6.07) is 0. The summed E-state index contributed by atoms with van der Waals surface area (Å²) < 4.78 is 6.01. The third kappa shape index (κ3) is 1.22. The Balaban J connectivity index is 2.05. The van der Waals surface area contributed by atoms with Crippen LogP contribution in [0, 0.1) is 17.3 Å². The Morgan fingerprint density at radius 3 is 2.71 bits per heavy atom. The largest absolute Gasteiger partial charge is 0.392 e. The summed E-state index contributed by atoms with van der Waals surface area (Å²) in [4.78, 5) is 12.0. The second-order valence-electron chi connectivity index (χ2n) is 6.45. The van der Waals surface area contributed by atoms with Crippen molar-refractivity contribution in [1.82, 2.24) is 0 Å². The first-order valence-electron chi connectivity index (χ1n) is 6.80. The molecule has 1 spiro atoms. The molecular formula is C14H22O3. The van der Waals surface area contributed by atoms with Crippen molar-refractivity contribution in [3.8, 4) is 0 Å². The molecule has 96 valence electrons. The minimum absolute atomic E-state index is 0.0970. The van der Waals surface area contributed by atoms with Crippen LogP contribution in [0.5, 0.6) is 0 Å². The SMILES string of the molecule is CC(=O)[C@H]1[C@H](O)CC[C@]23O[C@H]2CC[C@H](C)[C@@]13C. The van der Waals surface area contributed by atoms with Crippen molar-refractivity contribution in [2.45, 2.75) is 64.3 Å². The fourth-order valence-electron chi connectivity index (χ4n) is 4.78. The molecule has 1 heterocycles. The zero-order valence-corrected chi connectivity index (χ0v) is 10.9. The number of ketones is 1. The number of ether oxygens (including phenoxy) is 1. The maximum absolute atomic E-state index is 12.0. The van der Waals surface area contributed by atoms with E-state index in [1.807, 2.05) is 0 Å². The van der Waals surface area contributed by atoms with E-state index in [1.165, 1.54) is 0 Å². The Hall–Kier alpha value is -0.410. The summed E-state index contributed by atoms with van der Waals surface area (Å²) in [6.45, 7) is 6.01. The van der Waals surface area contributed by atoms with E-state index in [1.54, 1.807) is 6.92 Å². The van der Waals surface area contributed by atoms with Crippen LogP contribution in [-0.4, -0.2) is 28.7 Å². The van der Waals surface area contributed by atoms with Crippen molar-refractivity contribution in [3.63, 3.8) is 0 Å². The van der Waals surface area contributed by atoms with Crippen molar-refractivity contribution in [2.75, 3.05) is 0 Å². The van der Waals surface area contributed by atoms with E-state index in [2.05, 4.69) is 13.8 Å². The second kappa shape index (κ2) is 3.33. The van der Waals surface area contributed by atoms with Gasteiger partial charge in [0.1, 0.15) is 11.4 Å². The Kier molecular flexibility index (Phi) is 2.28. The molecule has 1 N–H and O–H groups in total. The van der Waals surface area contributed by atoms with Crippen molar-refractivity contribution in [2.24, 2.45) is 17.3 Å². The molecule has 6 atom stereocenters. The molecule has 17 heavy (non-hydrogen) atoms. The van der Waals surface area contributed by atoms with E-state index in [-0.39, 0.29) is 22.7 Å². The van der Waals surface area contributed by atoms with Gasteiger partial charge in [-0.3, -0.25) is 4.79 Å². The maximum atomic E-state index is 12.0. The first-order chi connectivity index (χ1) is 7.93. The number of rotatable bonds is 1. The zero-order chi connectivity index (χ0) is 12.4. The number of hydrogen-bond donors (Lipinski definition) is 1. The third-order valence-corrected chi connectivity index (χ3v) is 5.89. The molecule has 1 aliphatic heterocycles. The number of Topliss-reactive ketones (excluding diaryl/α,β-unsaturated/α-hetero) is 1. The van der Waals surface area contributed by atoms with Gasteiger partial charge < -0.3 is 9.84 Å². The average Bonchev–Trinajstić information content (AvgIpc) is 2.96. The number of aliphatic hydroxyl groups is 1. The summed E-state index contributed by atoms with van der Waals surface area (Å²) in [5.41, 5.74) is -0.264. The molecule has 3 heteroatoms. The van der Waals surface area contributed by atoms with Gasteiger partial charge in [0.05, 0.1) is 18.1 Å². The maximum Gasteiger partial charge on any atom is 0.136 e. The predicted molar refractivity (Wildman–Crippen MR) is 63.5 cm³/mol. The van der Waals surface area contributed by atoms with Crippen LogP contribution in [0.4, 0.5) is 0 Å². The average molecular weight is 238 g/mol. The molecule has 2 aliphatic carbocycles. The Bertz CT molecular complexity index is 366. The highest BCUT2D eigenvalue weighted by molar-refractivity contribution is 5.80. The molecule has 3 nitrogen and oxygen atoms in total. The fourth-order valence-corrected chi connectivity index (χ4v) is 4.78. The number of aliphatic hydroxyl groups excluding tert-OH is 1. The molecule has 0 radical (unpaired) electrons. The Morgan fingerprint density at radius 2 is 2.06 bits per heavy atom. The Morgan fingerprint density at radius 1 is 1.35 bits per heavy atom. The molecule has 3 rings (SSSR count). The summed E-state index contributed by atoms with van der Waals surface area (Å²) in [5.74, 6) is 0.337. The molecule has 3 aliphatic rings. The van der Waals surface area contributed by atoms with Gasteiger partial charge >= 0.3 is 0 Å². The molecule has 1 saturated heterocycles. The molecular weight excluding hydrogens is 216 g/mol. The molecule has 2 saturated carbocycles. The highest BCUT2D eigenvalue weighted by Crippen LogP contribution is 2.68. The smallest absolute Gasteiger partial charge is 0.136 e. The molecule has 0 bridgehead atoms. The van der Waals surface area contributed by atoms with Gasteiger partial charge in [-0.2, -0.15) is 0 Å². The van der Waals surface area contributed by atoms with Crippen LogP contribution in [0.15, 0.2) is 0 Å². The highest BCUT2D eigenvalue weighted by atomic mass is 16.6. The number of epoxide rings is 1. The van der Waals surface area contributed by atoms with E-state index >= 15 is 0 Å². The second-order valence-corrected chi connectivity index (χ2v) is 6.45. The standard InChI is InChI=1S/C14H22O3/c1-8-4-5-11-14(17-11)7-6-10(16)12(9(2)15)13(8,14)3/h8,10-12,16H,4-7H2,1-3H3/t8-,10+,11-,12-,13-,14-/m0/s1. The van der Waals surface area contributed by atoms with Gasteiger partial charge in [-0.25, -0.2) is 0 Å². The Labute approximate surface area is 103 Å². The lowest BCUT2D eigenvalue weighted by Gasteiger charge is -2.53. The van der Waals surface area contributed by atoms with E-state index in [0.29, 0.717) is 18.4 Å². The lowest BCUT2D eigenvalue weighted by molar-refractivity contribution is -0.148. The van der Waals surface area contributed by atoms with Crippen LogP contribution < -0.4 is 0 Å². The molecule has 3 fully saturated rings. The van der Waals surface area contributed by atoms with Gasteiger partial charge in [0.15, 0.2) is 0 Å². The van der Waals surface area contributed by atoms with Gasteiger partial charge in [-0.15, -0.1) is 0 Å². The minimum atomic E-state index is -0.478. The van der Waals surface area contributed by atoms with Crippen LogP contribution in [0.25, 0.3) is 0 Å². The number of hydrogen-bond acceptors (Lipinski definition) is 3. The number of carbonyl (C=O) groups is 1. The predicted octanol–water partition coefficient (Wildman–Crippen LogP) is 1.92. The first kappa shape index (κ1) is 11.7. The third-order valence-electron chi connectivity index (χ3n) is 5.89. The van der Waals surface area contributed by atoms with Gasteiger partial charge in [0.25, 0.3) is 0 Å². The topological polar surface area (TPSA) is 49.8 Å². The molecule has 0 amide bonds. The minimum Gasteiger partial charge on any atom is -0.392 e. The summed E-state index contributed by atoms with van der Waals surface area (Å²) in [5, 5.41) is 10.2. The lowest BCUT2D eigenvalue weighted by atomic mass is 9.49. The molecule has 0 aromatic heterocycles. The normalized spacial score (nSPS) is 56.9. The monoisotopic (exact) mass is 238 g/mol. The lowest BCUT2D eigenvalue weighted by Crippen LogP contribution is -2.59. The highest BCUT2D eigenvalue weighted by Gasteiger charge is 2.74. The van der Waals surface area contributed by atoms with Crippen molar-refractivity contribution < 1.29 is 14.6 Å². The van der Waals surface area contributed by atoms with Crippen LogP contribution >= 0.6 is 0 Å². The van der Waals surface area contributed by atoms with Gasteiger partial charge in [0, 0.05) is 5.41 Å². The fraction of sp³-hybridized carbons (Fsp3) is 0.929. The van der Waals surface area contributed by atoms with E-state index in [4.69, 9.17) is 4.74 Å². The van der Waals surface area contributed by atoms with E-state index < -0.39 is 6.10 Å².